The molecule has 1 aliphatic heterocycles. The molecule has 1 amide bonds. The molecule has 0 unspecified atom stereocenters. The van der Waals surface area contributed by atoms with Crippen molar-refractivity contribution < 1.29 is 9.18 Å². The second-order valence-corrected chi connectivity index (χ2v) is 10.1. The van der Waals surface area contributed by atoms with Crippen molar-refractivity contribution in [2.75, 3.05) is 31.1 Å². The largest absolute Gasteiger partial charge is 0.353 e. The predicted molar refractivity (Wildman–Crippen MR) is 139 cm³/mol. The maximum Gasteiger partial charge on any atom is 0.255 e. The molecule has 2 aromatic carbocycles. The van der Waals surface area contributed by atoms with Crippen molar-refractivity contribution in [3.63, 3.8) is 0 Å². The fraction of sp³-hybridized carbons (Fsp3) is 0.370. The summed E-state index contributed by atoms with van der Waals surface area (Å²) in [4.78, 5) is 26.7. The van der Waals surface area contributed by atoms with Gasteiger partial charge in [0, 0.05) is 60.9 Å². The fourth-order valence-electron chi connectivity index (χ4n) is 4.37. The molecule has 0 saturated carbocycles. The molecule has 4 rings (SSSR count). The maximum atomic E-state index is 14.6. The number of carbonyl (C=O) groups excluding carboxylic acids is 1. The van der Waals surface area contributed by atoms with Gasteiger partial charge in [-0.2, -0.15) is 0 Å². The number of aryl methyl sites for hydroxylation is 1. The van der Waals surface area contributed by atoms with Crippen molar-refractivity contribution in [2.24, 2.45) is 5.92 Å². The molecule has 184 valence electrons. The maximum absolute atomic E-state index is 14.6. The summed E-state index contributed by atoms with van der Waals surface area (Å²) in [6, 6.07) is 11.8. The third-order valence-corrected chi connectivity index (χ3v) is 6.90. The molecule has 1 aromatic heterocycles. The number of benzene rings is 2. The normalized spacial score (nSPS) is 14.0. The Labute approximate surface area is 215 Å². The van der Waals surface area contributed by atoms with Crippen molar-refractivity contribution >= 4 is 34.9 Å². The molecule has 1 fully saturated rings. The van der Waals surface area contributed by atoms with Crippen LogP contribution in [0.1, 0.15) is 46.9 Å². The number of nitrogens with zero attached hydrogens (tertiary/aromatic N) is 4. The first-order valence-corrected chi connectivity index (χ1v) is 12.6. The Morgan fingerprint density at radius 2 is 1.66 bits per heavy atom. The van der Waals surface area contributed by atoms with Crippen LogP contribution in [0.15, 0.2) is 42.5 Å². The molecule has 0 radical (unpaired) electrons. The zero-order valence-electron chi connectivity index (χ0n) is 20.2. The quantitative estimate of drug-likeness (QED) is 0.405. The van der Waals surface area contributed by atoms with Crippen LogP contribution in [0.2, 0.25) is 10.0 Å². The van der Waals surface area contributed by atoms with Crippen molar-refractivity contribution in [3.05, 3.63) is 86.5 Å². The van der Waals surface area contributed by atoms with Gasteiger partial charge in [0.15, 0.2) is 0 Å². The van der Waals surface area contributed by atoms with Gasteiger partial charge in [-0.05, 0) is 37.1 Å². The van der Waals surface area contributed by atoms with E-state index < -0.39 is 0 Å². The Bertz CT molecular complexity index is 1210. The van der Waals surface area contributed by atoms with Gasteiger partial charge in [-0.3, -0.25) is 4.79 Å². The van der Waals surface area contributed by atoms with Crippen LogP contribution < -0.4 is 4.90 Å². The summed E-state index contributed by atoms with van der Waals surface area (Å²) >= 11 is 12.6. The van der Waals surface area contributed by atoms with Gasteiger partial charge in [-0.1, -0.05) is 55.2 Å². The first kappa shape index (κ1) is 25.4. The molecular formula is C27H29Cl2FN4O. The lowest BCUT2D eigenvalue weighted by atomic mass is 10.0. The number of hydrogen-bond acceptors (Lipinski definition) is 4. The predicted octanol–water partition coefficient (Wildman–Crippen LogP) is 5.98. The summed E-state index contributed by atoms with van der Waals surface area (Å²) in [5, 5.41) is 0.838. The van der Waals surface area contributed by atoms with E-state index in [2.05, 4.69) is 18.7 Å². The van der Waals surface area contributed by atoms with E-state index in [1.165, 1.54) is 6.07 Å². The molecular weight excluding hydrogens is 486 g/mol. The molecule has 1 saturated heterocycles. The Morgan fingerprint density at radius 1 is 0.971 bits per heavy atom. The van der Waals surface area contributed by atoms with E-state index >= 15 is 0 Å². The van der Waals surface area contributed by atoms with Gasteiger partial charge in [0.1, 0.15) is 17.5 Å². The van der Waals surface area contributed by atoms with Crippen molar-refractivity contribution in [1.82, 2.24) is 14.9 Å². The first-order chi connectivity index (χ1) is 16.7. The van der Waals surface area contributed by atoms with Gasteiger partial charge in [0.05, 0.1) is 10.6 Å². The third-order valence-electron chi connectivity index (χ3n) is 6.22. The zero-order valence-corrected chi connectivity index (χ0v) is 21.7. The minimum atomic E-state index is -0.343. The lowest BCUT2D eigenvalue weighted by molar-refractivity contribution is 0.0746. The standard InChI is InChI=1S/C27H29Cl2FN4O/c1-17(2)15-25-31-18(3)20(16-21-23(29)9-6-10-24(21)30)26(32-25)33-11-13-34(14-12-33)27(35)19-7-4-5-8-22(19)28/h4-10,17H,11-16H2,1-3H3. The van der Waals surface area contributed by atoms with E-state index in [1.807, 2.05) is 24.0 Å². The Balaban J connectivity index is 1.62. The van der Waals surface area contributed by atoms with Gasteiger partial charge in [-0.15, -0.1) is 0 Å². The van der Waals surface area contributed by atoms with Gasteiger partial charge in [0.2, 0.25) is 0 Å². The summed E-state index contributed by atoms with van der Waals surface area (Å²) in [6.07, 6.45) is 1.05. The van der Waals surface area contributed by atoms with Crippen molar-refractivity contribution in [1.29, 1.82) is 0 Å². The smallest absolute Gasteiger partial charge is 0.255 e. The van der Waals surface area contributed by atoms with Gasteiger partial charge in [-0.25, -0.2) is 14.4 Å². The molecule has 1 aliphatic rings. The van der Waals surface area contributed by atoms with Gasteiger partial charge in [0.25, 0.3) is 5.91 Å². The van der Waals surface area contributed by atoms with E-state index in [4.69, 9.17) is 33.2 Å². The van der Waals surface area contributed by atoms with E-state index in [0.29, 0.717) is 59.7 Å². The number of carbonyl (C=O) groups is 1. The summed E-state index contributed by atoms with van der Waals surface area (Å²) in [5.41, 5.74) is 2.62. The molecule has 0 N–H and O–H groups in total. The average molecular weight is 515 g/mol. The zero-order chi connectivity index (χ0) is 25.1. The molecule has 0 spiro atoms. The van der Waals surface area contributed by atoms with Crippen LogP contribution in [-0.2, 0) is 12.8 Å². The van der Waals surface area contributed by atoms with Crippen LogP contribution in [-0.4, -0.2) is 47.0 Å². The summed E-state index contributed by atoms with van der Waals surface area (Å²) < 4.78 is 14.6. The van der Waals surface area contributed by atoms with Crippen LogP contribution in [0.5, 0.6) is 0 Å². The number of halogens is 3. The number of amides is 1. The summed E-state index contributed by atoms with van der Waals surface area (Å²) in [6.45, 7) is 8.47. The summed E-state index contributed by atoms with van der Waals surface area (Å²) in [5.74, 6) is 1.54. The Hall–Kier alpha value is -2.70. The van der Waals surface area contributed by atoms with Crippen LogP contribution in [0.4, 0.5) is 10.2 Å². The molecule has 0 aliphatic carbocycles. The van der Waals surface area contributed by atoms with E-state index in [1.54, 1.807) is 24.3 Å². The number of rotatable bonds is 6. The van der Waals surface area contributed by atoms with Crippen LogP contribution in [0.25, 0.3) is 0 Å². The minimum Gasteiger partial charge on any atom is -0.353 e. The highest BCUT2D eigenvalue weighted by Gasteiger charge is 2.27. The highest BCUT2D eigenvalue weighted by atomic mass is 35.5. The average Bonchev–Trinajstić information content (AvgIpc) is 2.82. The monoisotopic (exact) mass is 514 g/mol. The first-order valence-electron chi connectivity index (χ1n) is 11.8. The second-order valence-electron chi connectivity index (χ2n) is 9.26. The highest BCUT2D eigenvalue weighted by Crippen LogP contribution is 2.30. The number of anilines is 1. The van der Waals surface area contributed by atoms with Crippen molar-refractivity contribution in [2.45, 2.75) is 33.6 Å². The molecule has 5 nitrogen and oxygen atoms in total. The van der Waals surface area contributed by atoms with Gasteiger partial charge < -0.3 is 9.80 Å². The molecule has 0 bridgehead atoms. The molecule has 8 heteroatoms. The van der Waals surface area contributed by atoms with E-state index in [9.17, 15) is 9.18 Å². The van der Waals surface area contributed by atoms with E-state index in [-0.39, 0.29) is 11.7 Å². The molecule has 2 heterocycles. The summed E-state index contributed by atoms with van der Waals surface area (Å²) in [7, 11) is 0. The lowest BCUT2D eigenvalue weighted by Gasteiger charge is -2.36. The van der Waals surface area contributed by atoms with Crippen LogP contribution in [0, 0.1) is 18.7 Å². The second kappa shape index (κ2) is 10.9. The fourth-order valence-corrected chi connectivity index (χ4v) is 4.81. The van der Waals surface area contributed by atoms with Crippen LogP contribution >= 0.6 is 23.2 Å². The molecule has 0 atom stereocenters. The topological polar surface area (TPSA) is 49.3 Å². The molecule has 3 aromatic rings. The van der Waals surface area contributed by atoms with Crippen LogP contribution in [0.3, 0.4) is 0 Å². The molecule has 35 heavy (non-hydrogen) atoms. The number of hydrogen-bond donors (Lipinski definition) is 0. The Kier molecular flexibility index (Phi) is 7.92. The minimum absolute atomic E-state index is 0.0759. The van der Waals surface area contributed by atoms with Crippen molar-refractivity contribution in [3.8, 4) is 0 Å². The highest BCUT2D eigenvalue weighted by molar-refractivity contribution is 6.33. The lowest BCUT2D eigenvalue weighted by Crippen LogP contribution is -2.49. The number of piperazine rings is 1. The SMILES string of the molecule is Cc1nc(CC(C)C)nc(N2CCN(C(=O)c3ccccc3Cl)CC2)c1Cc1c(F)cccc1Cl. The van der Waals surface area contributed by atoms with E-state index in [0.717, 1.165) is 29.3 Å². The Morgan fingerprint density at radius 3 is 2.31 bits per heavy atom. The van der Waals surface area contributed by atoms with Gasteiger partial charge >= 0.3 is 0 Å². The number of aromatic nitrogens is 2. The third kappa shape index (κ3) is 5.76.